The van der Waals surface area contributed by atoms with Gasteiger partial charge in [-0.2, -0.15) is 0 Å². The summed E-state index contributed by atoms with van der Waals surface area (Å²) < 4.78 is 5.36. The first-order valence-corrected chi connectivity index (χ1v) is 6.34. The van der Waals surface area contributed by atoms with Crippen LogP contribution >= 0.6 is 0 Å². The minimum absolute atomic E-state index is 0.0532. The second kappa shape index (κ2) is 5.71. The van der Waals surface area contributed by atoms with Gasteiger partial charge in [0.05, 0.1) is 0 Å². The molecule has 1 fully saturated rings. The molecule has 1 aliphatic heterocycles. The number of ether oxygens (including phenoxy) is 1. The minimum Gasteiger partial charge on any atom is -0.444 e. The molecule has 0 aromatic carbocycles. The number of carbonyl (C=O) groups excluding carboxylic acids is 1. The fourth-order valence-electron chi connectivity index (χ4n) is 2.23. The van der Waals surface area contributed by atoms with E-state index in [1.807, 2.05) is 27.7 Å². The molecule has 1 rings (SSSR count). The van der Waals surface area contributed by atoms with Crippen molar-refractivity contribution in [2.24, 2.45) is 11.8 Å². The fraction of sp³-hybridized carbons (Fsp3) is 0.769. The second-order valence-corrected chi connectivity index (χ2v) is 5.97. The Labute approximate surface area is 109 Å². The van der Waals surface area contributed by atoms with Crippen molar-refractivity contribution < 1.29 is 9.53 Å². The predicted molar refractivity (Wildman–Crippen MR) is 71.8 cm³/mol. The average Bonchev–Trinajstić information content (AvgIpc) is 2.64. The first-order chi connectivity index (χ1) is 8.24. The Balaban J connectivity index is 2.55. The lowest BCUT2D eigenvalue weighted by molar-refractivity contribution is 0.0286. The maximum Gasteiger partial charge on any atom is 0.410 e. The van der Waals surface area contributed by atoms with Crippen molar-refractivity contribution in [3.8, 4) is 0 Å². The second-order valence-electron chi connectivity index (χ2n) is 5.97. The number of rotatable bonds is 3. The van der Waals surface area contributed by atoms with Gasteiger partial charge in [-0.05, 0) is 40.0 Å². The van der Waals surface area contributed by atoms with Crippen molar-refractivity contribution in [3.05, 3.63) is 12.2 Å². The molecule has 0 aromatic rings. The molecule has 3 N–H and O–H groups in total. The summed E-state index contributed by atoms with van der Waals surface area (Å²) in [5.74, 6) is 5.84. The van der Waals surface area contributed by atoms with E-state index in [1.54, 1.807) is 4.90 Å². The average molecular weight is 255 g/mol. The Morgan fingerprint density at radius 3 is 2.61 bits per heavy atom. The number of amides is 1. The van der Waals surface area contributed by atoms with E-state index in [0.717, 1.165) is 12.0 Å². The molecule has 1 amide bonds. The highest BCUT2D eigenvalue weighted by atomic mass is 16.6. The van der Waals surface area contributed by atoms with Gasteiger partial charge in [-0.25, -0.2) is 4.79 Å². The van der Waals surface area contributed by atoms with Crippen LogP contribution in [0.5, 0.6) is 0 Å². The van der Waals surface area contributed by atoms with Gasteiger partial charge in [0.2, 0.25) is 0 Å². The molecule has 2 atom stereocenters. The van der Waals surface area contributed by atoms with Crippen LogP contribution in [0.3, 0.4) is 0 Å². The number of carbonyl (C=O) groups is 1. The van der Waals surface area contributed by atoms with Crippen molar-refractivity contribution in [1.29, 1.82) is 0 Å². The standard InChI is InChI=1S/C13H25N3O2/c1-9(2)11(15-14)10-6-7-16(8-10)12(17)18-13(3,4)5/h10-11,15H,1,6-8,14H2,2-5H3. The summed E-state index contributed by atoms with van der Waals surface area (Å²) in [7, 11) is 0. The maximum absolute atomic E-state index is 11.9. The number of hydrogen-bond donors (Lipinski definition) is 2. The predicted octanol–water partition coefficient (Wildman–Crippen LogP) is 1.65. The molecule has 1 aliphatic rings. The first kappa shape index (κ1) is 15.0. The van der Waals surface area contributed by atoms with E-state index in [0.29, 0.717) is 19.0 Å². The number of hydrogen-bond acceptors (Lipinski definition) is 4. The molecule has 0 aliphatic carbocycles. The number of nitrogens with zero attached hydrogens (tertiary/aromatic N) is 1. The van der Waals surface area contributed by atoms with Gasteiger partial charge in [0.25, 0.3) is 0 Å². The van der Waals surface area contributed by atoms with Crippen LogP contribution in [0, 0.1) is 5.92 Å². The highest BCUT2D eigenvalue weighted by Gasteiger charge is 2.33. The Morgan fingerprint density at radius 2 is 2.17 bits per heavy atom. The van der Waals surface area contributed by atoms with Crippen LogP contribution in [0.4, 0.5) is 4.79 Å². The monoisotopic (exact) mass is 255 g/mol. The molecule has 18 heavy (non-hydrogen) atoms. The lowest BCUT2D eigenvalue weighted by atomic mass is 9.94. The Kier molecular flexibility index (Phi) is 4.76. The van der Waals surface area contributed by atoms with E-state index in [2.05, 4.69) is 12.0 Å². The number of likely N-dealkylation sites (tertiary alicyclic amines) is 1. The molecule has 2 unspecified atom stereocenters. The lowest BCUT2D eigenvalue weighted by Gasteiger charge is -2.26. The Bertz CT molecular complexity index is 323. The van der Waals surface area contributed by atoms with Gasteiger partial charge in [0, 0.05) is 19.1 Å². The molecule has 5 heteroatoms. The number of nitrogens with two attached hydrogens (primary N) is 1. The van der Waals surface area contributed by atoms with Gasteiger partial charge < -0.3 is 9.64 Å². The van der Waals surface area contributed by atoms with Crippen molar-refractivity contribution in [2.75, 3.05) is 13.1 Å². The number of hydrazine groups is 1. The smallest absolute Gasteiger partial charge is 0.410 e. The summed E-state index contributed by atoms with van der Waals surface area (Å²) in [5.41, 5.74) is 3.32. The SMILES string of the molecule is C=C(C)C(NN)C1CCN(C(=O)OC(C)(C)C)C1. The van der Waals surface area contributed by atoms with Gasteiger partial charge in [-0.15, -0.1) is 0 Å². The van der Waals surface area contributed by atoms with Crippen LogP contribution in [0.25, 0.3) is 0 Å². The van der Waals surface area contributed by atoms with E-state index >= 15 is 0 Å². The topological polar surface area (TPSA) is 67.6 Å². The molecule has 1 saturated heterocycles. The van der Waals surface area contributed by atoms with Crippen LogP contribution in [0.2, 0.25) is 0 Å². The zero-order chi connectivity index (χ0) is 13.9. The summed E-state index contributed by atoms with van der Waals surface area (Å²) >= 11 is 0. The third-order valence-electron chi connectivity index (χ3n) is 3.06. The maximum atomic E-state index is 11.9. The first-order valence-electron chi connectivity index (χ1n) is 6.34. The summed E-state index contributed by atoms with van der Waals surface area (Å²) in [6.07, 6.45) is 0.670. The van der Waals surface area contributed by atoms with Gasteiger partial charge in [-0.1, -0.05) is 12.2 Å². The highest BCUT2D eigenvalue weighted by Crippen LogP contribution is 2.24. The van der Waals surface area contributed by atoms with Gasteiger partial charge in [-0.3, -0.25) is 11.3 Å². The molecule has 0 spiro atoms. The molecule has 0 radical (unpaired) electrons. The van der Waals surface area contributed by atoms with Gasteiger partial charge in [0.15, 0.2) is 0 Å². The molecule has 1 heterocycles. The quantitative estimate of drug-likeness (QED) is 0.457. The van der Waals surface area contributed by atoms with Crippen LogP contribution in [-0.4, -0.2) is 35.7 Å². The largest absolute Gasteiger partial charge is 0.444 e. The zero-order valence-corrected chi connectivity index (χ0v) is 11.8. The summed E-state index contributed by atoms with van der Waals surface area (Å²) in [4.78, 5) is 13.7. The zero-order valence-electron chi connectivity index (χ0n) is 11.8. The van der Waals surface area contributed by atoms with Crippen molar-refractivity contribution >= 4 is 6.09 Å². The van der Waals surface area contributed by atoms with Crippen molar-refractivity contribution in [3.63, 3.8) is 0 Å². The van der Waals surface area contributed by atoms with Crippen molar-refractivity contribution in [1.82, 2.24) is 10.3 Å². The fourth-order valence-corrected chi connectivity index (χ4v) is 2.23. The van der Waals surface area contributed by atoms with E-state index in [-0.39, 0.29) is 12.1 Å². The van der Waals surface area contributed by atoms with Gasteiger partial charge in [0.1, 0.15) is 5.60 Å². The van der Waals surface area contributed by atoms with Crippen LogP contribution in [0.1, 0.15) is 34.1 Å². The van der Waals surface area contributed by atoms with Crippen molar-refractivity contribution in [2.45, 2.75) is 45.8 Å². The third-order valence-corrected chi connectivity index (χ3v) is 3.06. The molecule has 5 nitrogen and oxygen atoms in total. The molecule has 0 aromatic heterocycles. The van der Waals surface area contributed by atoms with E-state index in [1.165, 1.54) is 0 Å². The molecule has 0 saturated carbocycles. The molecular formula is C13H25N3O2. The molecule has 104 valence electrons. The molecule has 0 bridgehead atoms. The Hall–Kier alpha value is -1.07. The highest BCUT2D eigenvalue weighted by molar-refractivity contribution is 5.68. The van der Waals surface area contributed by atoms with Gasteiger partial charge >= 0.3 is 6.09 Å². The lowest BCUT2D eigenvalue weighted by Crippen LogP contribution is -2.43. The van der Waals surface area contributed by atoms with E-state index in [9.17, 15) is 4.79 Å². The summed E-state index contributed by atoms with van der Waals surface area (Å²) in [6.45, 7) is 12.9. The van der Waals surface area contributed by atoms with E-state index in [4.69, 9.17) is 10.6 Å². The van der Waals surface area contributed by atoms with Crippen LogP contribution in [0.15, 0.2) is 12.2 Å². The normalized spacial score (nSPS) is 21.8. The molecular weight excluding hydrogens is 230 g/mol. The summed E-state index contributed by atoms with van der Waals surface area (Å²) in [6, 6.07) is 0.0532. The summed E-state index contributed by atoms with van der Waals surface area (Å²) in [5, 5.41) is 0. The minimum atomic E-state index is -0.449. The van der Waals surface area contributed by atoms with Crippen LogP contribution in [-0.2, 0) is 4.74 Å². The van der Waals surface area contributed by atoms with Crippen LogP contribution < -0.4 is 11.3 Å². The van der Waals surface area contributed by atoms with E-state index < -0.39 is 5.60 Å². The Morgan fingerprint density at radius 1 is 1.56 bits per heavy atom. The number of nitrogens with one attached hydrogen (secondary N) is 1. The third kappa shape index (κ3) is 3.99.